The number of likely N-dealkylation sites (tertiary alicyclic amines) is 2. The van der Waals surface area contributed by atoms with Gasteiger partial charge in [-0.3, -0.25) is 0 Å². The van der Waals surface area contributed by atoms with Crippen molar-refractivity contribution >= 4 is 53.6 Å². The molecule has 2 saturated heterocycles. The van der Waals surface area contributed by atoms with Crippen LogP contribution in [-0.4, -0.2) is 109 Å². The second-order valence-corrected chi connectivity index (χ2v) is 20.5. The number of hydrogen-bond acceptors (Lipinski definition) is 9. The van der Waals surface area contributed by atoms with Crippen molar-refractivity contribution in [3.05, 3.63) is 56.6 Å². The van der Waals surface area contributed by atoms with E-state index in [4.69, 9.17) is 10.7 Å². The first-order valence-electron chi connectivity index (χ1n) is 20.6. The topological polar surface area (TPSA) is 172 Å². The van der Waals surface area contributed by atoms with Crippen LogP contribution in [0.2, 0.25) is 0 Å². The molecule has 2 aromatic carbocycles. The number of rotatable bonds is 9. The van der Waals surface area contributed by atoms with Gasteiger partial charge in [0.25, 0.3) is 0 Å². The minimum absolute atomic E-state index is 0.199. The summed E-state index contributed by atoms with van der Waals surface area (Å²) in [7, 11) is 4.85. The number of nitrogens with zero attached hydrogens (tertiary/aromatic N) is 3. The van der Waals surface area contributed by atoms with E-state index in [2.05, 4.69) is 49.7 Å². The molecule has 316 valence electrons. The Kier molecular flexibility index (Phi) is 14.5. The normalized spacial score (nSPS) is 21.2. The van der Waals surface area contributed by atoms with Crippen molar-refractivity contribution in [1.29, 1.82) is 0 Å². The zero-order valence-electron chi connectivity index (χ0n) is 33.9. The van der Waals surface area contributed by atoms with Gasteiger partial charge in [0.15, 0.2) is 0 Å². The summed E-state index contributed by atoms with van der Waals surface area (Å²) >= 11 is 0. The van der Waals surface area contributed by atoms with Gasteiger partial charge >= 0.3 is 31.5 Å². The predicted octanol–water partition coefficient (Wildman–Crippen LogP) is 4.63. The molecular weight excluding hydrogens is 788 g/mol. The van der Waals surface area contributed by atoms with Gasteiger partial charge in [-0.25, -0.2) is 19.0 Å². The van der Waals surface area contributed by atoms with Crippen LogP contribution in [0, 0.1) is 0 Å². The minimum atomic E-state index is -4.06. The van der Waals surface area contributed by atoms with E-state index >= 15 is 0 Å². The predicted molar refractivity (Wildman–Crippen MR) is 227 cm³/mol. The molecule has 6 aliphatic rings. The maximum Gasteiger partial charge on any atom is 0.333 e. The van der Waals surface area contributed by atoms with E-state index in [1.807, 2.05) is 14.1 Å². The highest BCUT2D eigenvalue weighted by Crippen LogP contribution is 2.40. The molecule has 2 aromatic rings. The molecule has 4 aliphatic carbocycles. The number of likely N-dealkylation sites (N-methyl/N-ethyl adjacent to an activating group) is 4. The molecule has 0 unspecified atom stereocenters. The van der Waals surface area contributed by atoms with Crippen LogP contribution in [0.4, 0.5) is 21.0 Å². The van der Waals surface area contributed by atoms with Gasteiger partial charge in [0.05, 0.1) is 0 Å². The molecule has 2 heterocycles. The highest BCUT2D eigenvalue weighted by atomic mass is 35.7. The van der Waals surface area contributed by atoms with Crippen molar-refractivity contribution < 1.29 is 26.4 Å². The van der Waals surface area contributed by atoms with E-state index in [1.54, 1.807) is 4.72 Å². The summed E-state index contributed by atoms with van der Waals surface area (Å²) in [5.74, 6) is 0. The van der Waals surface area contributed by atoms with E-state index in [-0.39, 0.29) is 6.04 Å². The Hall–Kier alpha value is -2.99. The van der Waals surface area contributed by atoms with E-state index in [0.717, 1.165) is 132 Å². The van der Waals surface area contributed by atoms with Crippen LogP contribution < -0.4 is 25.4 Å². The lowest BCUT2D eigenvalue weighted by atomic mass is 9.99. The monoisotopic (exact) mass is 848 g/mol. The van der Waals surface area contributed by atoms with Gasteiger partial charge in [0, 0.05) is 54.3 Å². The number of hydrogen-bond donors (Lipinski definition) is 5. The van der Waals surface area contributed by atoms with Gasteiger partial charge in [0.1, 0.15) is 0 Å². The largest absolute Gasteiger partial charge is 0.333 e. The molecule has 2 atom stereocenters. The fourth-order valence-electron chi connectivity index (χ4n) is 9.60. The number of anilines is 2. The van der Waals surface area contributed by atoms with Gasteiger partial charge in [-0.05, 0) is 181 Å². The number of aryl methyl sites for hydroxylation is 4. The lowest BCUT2D eigenvalue weighted by Gasteiger charge is -2.25. The third-order valence-electron chi connectivity index (χ3n) is 12.5. The van der Waals surface area contributed by atoms with Crippen LogP contribution in [0.15, 0.2) is 12.1 Å². The fourth-order valence-corrected chi connectivity index (χ4v) is 10.9. The van der Waals surface area contributed by atoms with Gasteiger partial charge in [-0.1, -0.05) is 12.1 Å². The van der Waals surface area contributed by atoms with E-state index in [1.165, 1.54) is 64.1 Å². The highest BCUT2D eigenvalue weighted by Gasteiger charge is 2.30. The molecule has 2 aliphatic heterocycles. The Bertz CT molecular complexity index is 1970. The molecule has 17 heteroatoms. The minimum Gasteiger partial charge on any atom is -0.318 e. The molecule has 0 aromatic heterocycles. The summed E-state index contributed by atoms with van der Waals surface area (Å²) in [6, 6.07) is 4.07. The van der Waals surface area contributed by atoms with Gasteiger partial charge in [0.2, 0.25) is 0 Å². The van der Waals surface area contributed by atoms with Crippen molar-refractivity contribution in [2.24, 2.45) is 0 Å². The summed E-state index contributed by atoms with van der Waals surface area (Å²) in [6.45, 7) is 3.80. The van der Waals surface area contributed by atoms with E-state index in [9.17, 15) is 26.4 Å². The Balaban J connectivity index is 0.000000164. The fraction of sp³-hybridized carbons (Fsp3) is 0.650. The summed E-state index contributed by atoms with van der Waals surface area (Å²) in [4.78, 5) is 28.9. The third kappa shape index (κ3) is 11.0. The molecular formula is C40H61ClN8O6S2. The molecule has 2 fully saturated rings. The molecule has 57 heavy (non-hydrogen) atoms. The standard InChI is InChI=1S/C20H30N4O3S.C13H15ClN2O3S.C7H16N2/c1-23-11-5-8-16(23)13-24(2)28(26,27)22-20(25)21-19-17-9-3-6-14(17)12-15-7-4-10-18(15)19;14-20(18,19)16-13(17)15-12-10-5-1-3-8(10)7-9-4-2-6-11(9)12;1-8-6-7-4-3-5-9(7)2/h12,16H,3-11,13H2,1-2H3,(H2,21,22,25);7H,1-6H2,(H2,15,16,17);7-8H,3-6H2,1-2H3/t16-;;7-/m0.0/s1. The first-order chi connectivity index (χ1) is 27.1. The second-order valence-electron chi connectivity index (χ2n) is 16.4. The number of amides is 4. The number of benzene rings is 2. The van der Waals surface area contributed by atoms with Crippen molar-refractivity contribution in [2.45, 2.75) is 115 Å². The summed E-state index contributed by atoms with van der Waals surface area (Å²) in [6.07, 6.45) is 17.0. The van der Waals surface area contributed by atoms with Crippen LogP contribution in [0.3, 0.4) is 0 Å². The number of nitrogens with one attached hydrogen (secondary N) is 5. The Morgan fingerprint density at radius 3 is 1.44 bits per heavy atom. The average molecular weight is 850 g/mol. The molecule has 0 spiro atoms. The highest BCUT2D eigenvalue weighted by molar-refractivity contribution is 8.12. The van der Waals surface area contributed by atoms with Gasteiger partial charge < -0.3 is 25.8 Å². The van der Waals surface area contributed by atoms with E-state index < -0.39 is 31.5 Å². The summed E-state index contributed by atoms with van der Waals surface area (Å²) < 4.78 is 52.2. The first-order valence-corrected chi connectivity index (χ1v) is 24.3. The van der Waals surface area contributed by atoms with Gasteiger partial charge in [-0.15, -0.1) is 0 Å². The van der Waals surface area contributed by atoms with Crippen LogP contribution in [0.5, 0.6) is 0 Å². The lowest BCUT2D eigenvalue weighted by Crippen LogP contribution is -2.47. The molecule has 8 rings (SSSR count). The number of halogens is 1. The SMILES string of the molecule is CN1CCC[C@H]1CN(C)S(=O)(=O)NC(=O)Nc1c2c(cc3c1CCC3)CCC2.CNC[C@@H]1CCCN1C.O=C(Nc1c2c(cc3c1CCC3)CCC2)NS(=O)(=O)Cl. The Morgan fingerprint density at radius 1 is 0.667 bits per heavy atom. The third-order valence-corrected chi connectivity index (χ3v) is 14.6. The molecule has 14 nitrogen and oxygen atoms in total. The van der Waals surface area contributed by atoms with Crippen molar-refractivity contribution in [3.8, 4) is 0 Å². The van der Waals surface area contributed by atoms with Crippen molar-refractivity contribution in [1.82, 2.24) is 28.9 Å². The maximum atomic E-state index is 12.6. The smallest absolute Gasteiger partial charge is 0.318 e. The first kappa shape index (κ1) is 43.6. The lowest BCUT2D eigenvalue weighted by molar-refractivity contribution is 0.253. The Labute approximate surface area is 343 Å². The molecule has 0 bridgehead atoms. The van der Waals surface area contributed by atoms with Crippen LogP contribution in [-0.2, 0) is 70.8 Å². The molecule has 0 radical (unpaired) electrons. The number of carbonyl (C=O) groups excluding carboxylic acids is 2. The van der Waals surface area contributed by atoms with E-state index in [0.29, 0.717) is 6.54 Å². The quantitative estimate of drug-likeness (QED) is 0.226. The van der Waals surface area contributed by atoms with Gasteiger partial charge in [-0.2, -0.15) is 21.1 Å². The number of urea groups is 2. The summed E-state index contributed by atoms with van der Waals surface area (Å²) in [5, 5.41) is 8.77. The molecule has 0 saturated carbocycles. The van der Waals surface area contributed by atoms with Crippen molar-refractivity contribution in [2.75, 3.05) is 65.0 Å². The van der Waals surface area contributed by atoms with Crippen LogP contribution in [0.1, 0.15) is 95.9 Å². The molecule has 5 N–H and O–H groups in total. The maximum absolute atomic E-state index is 12.6. The summed E-state index contributed by atoms with van der Waals surface area (Å²) in [5.41, 5.74) is 11.5. The second kappa shape index (κ2) is 18.9. The molecule has 4 amide bonds. The number of carbonyl (C=O) groups is 2. The number of fused-ring (bicyclic) bond motifs is 4. The zero-order valence-corrected chi connectivity index (χ0v) is 36.3. The van der Waals surface area contributed by atoms with Crippen LogP contribution in [0.25, 0.3) is 0 Å². The van der Waals surface area contributed by atoms with Crippen LogP contribution >= 0.6 is 10.7 Å². The van der Waals surface area contributed by atoms with Crippen molar-refractivity contribution in [3.63, 3.8) is 0 Å². The zero-order chi connectivity index (χ0) is 40.9. The Morgan fingerprint density at radius 2 is 1.07 bits per heavy atom. The average Bonchev–Trinajstić information content (AvgIpc) is 3.99.